The predicted molar refractivity (Wildman–Crippen MR) is 277 cm³/mol. The van der Waals surface area contributed by atoms with Gasteiger partial charge in [0.05, 0.1) is 116 Å². The van der Waals surface area contributed by atoms with Crippen molar-refractivity contribution in [2.45, 2.75) is 314 Å². The van der Waals surface area contributed by atoms with E-state index in [4.69, 9.17) is 71.1 Å². The number of hydrogen-bond acceptors (Lipinski definition) is 19. The van der Waals surface area contributed by atoms with E-state index >= 15 is 0 Å². The van der Waals surface area contributed by atoms with Crippen molar-refractivity contribution in [2.24, 2.45) is 23.7 Å². The molecular weight excluding hydrogens is 1040 g/mol. The van der Waals surface area contributed by atoms with Gasteiger partial charge in [0.15, 0.2) is 17.4 Å². The molecule has 0 saturated carbocycles. The normalized spacial score (nSPS) is 56.9. The van der Waals surface area contributed by atoms with Gasteiger partial charge in [-0.15, -0.1) is 0 Å². The zero-order valence-corrected chi connectivity index (χ0v) is 47.1. The van der Waals surface area contributed by atoms with Crippen LogP contribution in [0, 0.1) is 23.7 Å². The molecule has 80 heavy (non-hydrogen) atoms. The van der Waals surface area contributed by atoms with E-state index in [0.717, 1.165) is 49.7 Å². The maximum Gasteiger partial charge on any atom is 0.308 e. The van der Waals surface area contributed by atoms with Crippen LogP contribution in [0.25, 0.3) is 0 Å². The fourth-order valence-electron chi connectivity index (χ4n) is 18.3. The number of carbonyl (C=O) groups excluding carboxylic acids is 2. The molecule has 0 aromatic rings. The molecular formula is C61H86O19. The molecule has 0 unspecified atom stereocenters. The Morgan fingerprint density at radius 1 is 0.525 bits per heavy atom. The lowest BCUT2D eigenvalue weighted by Gasteiger charge is -2.54. The first-order chi connectivity index (χ1) is 38.5. The second-order valence-electron chi connectivity index (χ2n) is 27.7. The Labute approximate surface area is 469 Å². The van der Waals surface area contributed by atoms with Gasteiger partial charge in [0.25, 0.3) is 0 Å². The predicted octanol–water partition coefficient (Wildman–Crippen LogP) is 5.52. The van der Waals surface area contributed by atoms with Crippen molar-refractivity contribution >= 4 is 11.8 Å². The summed E-state index contributed by atoms with van der Waals surface area (Å²) < 4.78 is 104. The Bertz CT molecular complexity index is 2410. The van der Waals surface area contributed by atoms with Crippen molar-refractivity contribution in [1.29, 1.82) is 0 Å². The Kier molecular flexibility index (Phi) is 14.0. The standard InChI is InChI=1S/C61H86O19/c1-27-15-34-7-9-38-28(2)16-36(66-38)11-13-59-25-47-55(79-59)56-57(73-47)58(80-59)54-39(70-56)10-8-35(68-54)18-49(65)74-53-32(6)52-44(69-43(53)20-40(67-34)31(27)5)21-42-46(72-52)24-61(75-42)26-48-51(78-61)30(4)23-60(77-48)22-29(3)50-45(76-60)19-37(64)41(71-50)17-33(63)12-14-62/h27,29-30,32,34-48,50-58,62,64H,2,5,7-26H2,1,3-4,6H3/t27-,29+,30+,32+,34+,35-,36+,37-,38+,39+,40-,41-,42-,43+,44+,45+,46-,47-,48+,50+,51+,52+,53-,54+,55+,56+,57-,58+,59+,60-,61+/m1/s1. The summed E-state index contributed by atoms with van der Waals surface area (Å²) in [4.78, 5) is 27.0. The maximum absolute atomic E-state index is 14.6. The van der Waals surface area contributed by atoms with Crippen LogP contribution in [0.1, 0.15) is 150 Å². The number of ether oxygens (including phenoxy) is 15. The molecule has 16 fully saturated rings. The first-order valence-electron chi connectivity index (χ1n) is 31.2. The molecule has 16 rings (SSSR count). The van der Waals surface area contributed by atoms with Gasteiger partial charge in [-0.2, -0.15) is 0 Å². The number of hydrogen-bond donors (Lipinski definition) is 2. The van der Waals surface area contributed by atoms with Gasteiger partial charge in [-0.25, -0.2) is 0 Å². The van der Waals surface area contributed by atoms with E-state index < -0.39 is 66.2 Å². The smallest absolute Gasteiger partial charge is 0.308 e. The molecule has 19 nitrogen and oxygen atoms in total. The van der Waals surface area contributed by atoms with Crippen LogP contribution in [0.2, 0.25) is 0 Å². The van der Waals surface area contributed by atoms with Gasteiger partial charge in [0, 0.05) is 83.2 Å². The first kappa shape index (κ1) is 54.6. The quantitative estimate of drug-likeness (QED) is 0.262. The molecule has 16 saturated heterocycles. The average molecular weight is 1120 g/mol. The summed E-state index contributed by atoms with van der Waals surface area (Å²) in [5.74, 6) is -3.05. The third-order valence-corrected chi connectivity index (χ3v) is 22.0. The molecule has 16 aliphatic heterocycles. The van der Waals surface area contributed by atoms with E-state index in [9.17, 15) is 19.8 Å². The number of esters is 1. The van der Waals surface area contributed by atoms with Crippen molar-refractivity contribution in [1.82, 2.24) is 0 Å². The van der Waals surface area contributed by atoms with Gasteiger partial charge in [-0.1, -0.05) is 40.9 Å². The third-order valence-electron chi connectivity index (χ3n) is 22.0. The minimum Gasteiger partial charge on any atom is -0.459 e. The zero-order valence-electron chi connectivity index (χ0n) is 47.1. The highest BCUT2D eigenvalue weighted by Crippen LogP contribution is 2.58. The van der Waals surface area contributed by atoms with Gasteiger partial charge in [-0.3, -0.25) is 9.59 Å². The molecule has 19 heteroatoms. The minimum absolute atomic E-state index is 0.0122. The van der Waals surface area contributed by atoms with Crippen LogP contribution in [-0.2, 0) is 80.6 Å². The molecule has 12 bridgehead atoms. The van der Waals surface area contributed by atoms with E-state index in [1.54, 1.807) is 0 Å². The monoisotopic (exact) mass is 1120 g/mol. The summed E-state index contributed by atoms with van der Waals surface area (Å²) in [5, 5.41) is 20.4. The van der Waals surface area contributed by atoms with Crippen LogP contribution in [0.5, 0.6) is 0 Å². The Hall–Kier alpha value is -2.02. The number of rotatable bonds is 4. The van der Waals surface area contributed by atoms with Crippen LogP contribution in [0.3, 0.4) is 0 Å². The van der Waals surface area contributed by atoms with Crippen molar-refractivity contribution < 1.29 is 90.9 Å². The molecule has 0 aliphatic carbocycles. The molecule has 0 aromatic heterocycles. The Morgan fingerprint density at radius 3 is 2.05 bits per heavy atom. The Morgan fingerprint density at radius 2 is 1.20 bits per heavy atom. The first-order valence-corrected chi connectivity index (χ1v) is 31.2. The number of fused-ring (bicyclic) bond motifs is 10. The summed E-state index contributed by atoms with van der Waals surface area (Å²) in [5.41, 5.74) is 2.15. The molecule has 0 aromatic carbocycles. The van der Waals surface area contributed by atoms with E-state index in [-0.39, 0.29) is 159 Å². The van der Waals surface area contributed by atoms with Crippen LogP contribution in [0.4, 0.5) is 0 Å². The van der Waals surface area contributed by atoms with Crippen LogP contribution < -0.4 is 0 Å². The van der Waals surface area contributed by atoms with Crippen molar-refractivity contribution in [3.05, 3.63) is 24.3 Å². The number of aliphatic hydroxyl groups is 2. The van der Waals surface area contributed by atoms with E-state index in [1.165, 1.54) is 0 Å². The Balaban J connectivity index is 0.652. The number of Topliss-reactive ketones (excluding diaryl/α,β-unsaturated/α-hetero) is 1. The largest absolute Gasteiger partial charge is 0.459 e. The fraction of sp³-hybridized carbons (Fsp3) is 0.902. The topological polar surface area (TPSA) is 213 Å². The van der Waals surface area contributed by atoms with E-state index in [2.05, 4.69) is 40.9 Å². The fourth-order valence-corrected chi connectivity index (χ4v) is 18.3. The molecule has 3 spiro atoms. The second-order valence-corrected chi connectivity index (χ2v) is 27.7. The van der Waals surface area contributed by atoms with Gasteiger partial charge >= 0.3 is 5.97 Å². The van der Waals surface area contributed by atoms with Crippen molar-refractivity contribution in [3.8, 4) is 0 Å². The number of aliphatic hydroxyl groups excluding tert-OH is 2. The minimum atomic E-state index is -0.939. The van der Waals surface area contributed by atoms with Crippen molar-refractivity contribution in [2.75, 3.05) is 6.61 Å². The number of ketones is 1. The highest BCUT2D eigenvalue weighted by Gasteiger charge is 2.70. The summed E-state index contributed by atoms with van der Waals surface area (Å²) >= 11 is 0. The summed E-state index contributed by atoms with van der Waals surface area (Å²) in [6.07, 6.45) is 2.59. The maximum atomic E-state index is 14.6. The van der Waals surface area contributed by atoms with Crippen LogP contribution in [0.15, 0.2) is 24.3 Å². The third kappa shape index (κ3) is 9.51. The molecule has 0 radical (unpaired) electrons. The summed E-state index contributed by atoms with van der Waals surface area (Å²) in [7, 11) is 0. The summed E-state index contributed by atoms with van der Waals surface area (Å²) in [6.45, 7) is 17.6. The van der Waals surface area contributed by atoms with Gasteiger partial charge in [0.2, 0.25) is 0 Å². The second kappa shape index (κ2) is 20.6. The van der Waals surface area contributed by atoms with Gasteiger partial charge in [0.1, 0.15) is 42.4 Å². The molecule has 16 heterocycles. The average Bonchev–Trinajstić information content (AvgIpc) is 4.25. The highest BCUT2D eigenvalue weighted by atomic mass is 16.8. The number of carbonyl (C=O) groups is 2. The zero-order chi connectivity index (χ0) is 54.7. The lowest BCUT2D eigenvalue weighted by molar-refractivity contribution is -0.371. The van der Waals surface area contributed by atoms with Crippen LogP contribution >= 0.6 is 0 Å². The lowest BCUT2D eigenvalue weighted by Crippen LogP contribution is -2.62. The molecule has 444 valence electrons. The summed E-state index contributed by atoms with van der Waals surface area (Å²) in [6, 6.07) is 0. The van der Waals surface area contributed by atoms with Gasteiger partial charge < -0.3 is 81.3 Å². The lowest BCUT2D eigenvalue weighted by atomic mass is 9.78. The SMILES string of the molecule is C=C1C[C@@H]2CC[C@@]34C[C@H]5O[C@H]6[C@@H](O3)[C@H]3O[C@H](CC[C@@H]3O[C@H]6[C@H]5O4)CC(=O)O[C@@H]3[C@@H](C)[C@@H]4O[C@@H]5C[C@]6(C[C@@H]7O[C@]8(C[C@H](C)[C@@H]9O[C@H](CC(=O)CCO)[C@H](O)C[C@@H]9O8)C[C@H](C)[C@@H]7O6)O[C@@H]5C[C@@H]4O[C@H]3C[C@H]3O[C@@H](CC[C@@H]1O2)C[C@@H](C)C3=C. The molecule has 2 N–H and O–H groups in total. The highest BCUT2D eigenvalue weighted by molar-refractivity contribution is 5.79. The van der Waals surface area contributed by atoms with Crippen molar-refractivity contribution in [3.63, 3.8) is 0 Å². The van der Waals surface area contributed by atoms with Gasteiger partial charge in [-0.05, 0) is 73.8 Å². The van der Waals surface area contributed by atoms with E-state index in [0.29, 0.717) is 64.2 Å². The van der Waals surface area contributed by atoms with E-state index in [1.807, 2.05) is 0 Å². The van der Waals surface area contributed by atoms with Crippen LogP contribution in [-0.4, -0.2) is 192 Å². The molecule has 0 amide bonds. The molecule has 31 atom stereocenters. The molecule has 16 aliphatic rings.